The van der Waals surface area contributed by atoms with Gasteiger partial charge >= 0.3 is 0 Å². The Kier molecular flexibility index (Phi) is 6.85. The molecule has 1 aromatic carbocycles. The Hall–Kier alpha value is -1.39. The molecule has 0 aromatic heterocycles. The van der Waals surface area contributed by atoms with Crippen molar-refractivity contribution in [2.24, 2.45) is 5.92 Å². The van der Waals surface area contributed by atoms with Crippen LogP contribution < -0.4 is 5.32 Å². The van der Waals surface area contributed by atoms with Gasteiger partial charge in [-0.25, -0.2) is 0 Å². The average molecular weight is 293 g/mol. The van der Waals surface area contributed by atoms with Crippen LogP contribution in [-0.4, -0.2) is 23.2 Å². The van der Waals surface area contributed by atoms with Crippen LogP contribution in [0.25, 0.3) is 0 Å². The van der Waals surface area contributed by atoms with Crippen molar-refractivity contribution in [1.82, 2.24) is 0 Å². The lowest BCUT2D eigenvalue weighted by atomic mass is 10.0. The molecule has 0 aliphatic carbocycles. The van der Waals surface area contributed by atoms with E-state index in [0.29, 0.717) is 6.61 Å². The van der Waals surface area contributed by atoms with Gasteiger partial charge in [-0.05, 0) is 43.9 Å². The lowest BCUT2D eigenvalue weighted by Gasteiger charge is -2.16. The Morgan fingerprint density at radius 3 is 2.52 bits per heavy atom. The second kappa shape index (κ2) is 8.15. The first-order valence-corrected chi connectivity index (χ1v) is 7.49. The maximum absolute atomic E-state index is 12.0. The topological polar surface area (TPSA) is 58.6 Å². The van der Waals surface area contributed by atoms with E-state index in [1.807, 2.05) is 52.8 Å². The molecule has 4 nitrogen and oxygen atoms in total. The predicted octanol–water partition coefficient (Wildman–Crippen LogP) is 3.27. The zero-order chi connectivity index (χ0) is 16.0. The maximum atomic E-state index is 12.0. The molecule has 0 aliphatic rings. The molecule has 0 aliphatic heterocycles. The number of aliphatic hydroxyl groups excluding tert-OH is 1. The molecule has 1 aromatic rings. The minimum Gasteiger partial charge on any atom is -0.392 e. The van der Waals surface area contributed by atoms with Crippen molar-refractivity contribution in [2.45, 2.75) is 59.9 Å². The first-order chi connectivity index (χ1) is 9.81. The van der Waals surface area contributed by atoms with Gasteiger partial charge in [0.25, 0.3) is 0 Å². The molecule has 0 bridgehead atoms. The molecule has 1 rings (SSSR count). The molecule has 0 radical (unpaired) electrons. The summed E-state index contributed by atoms with van der Waals surface area (Å²) in [6.45, 7) is 10.3. The summed E-state index contributed by atoms with van der Waals surface area (Å²) in [7, 11) is 0. The second-order valence-electron chi connectivity index (χ2n) is 6.01. The molecule has 4 heteroatoms. The normalized spacial score (nSPS) is 12.8. The molecule has 0 heterocycles. The third-order valence-corrected chi connectivity index (χ3v) is 3.46. The molecular weight excluding hydrogens is 266 g/mol. The zero-order valence-electron chi connectivity index (χ0n) is 13.6. The first kappa shape index (κ1) is 17.7. The summed E-state index contributed by atoms with van der Waals surface area (Å²) < 4.78 is 5.61. The van der Waals surface area contributed by atoms with Crippen molar-refractivity contribution in [1.29, 1.82) is 0 Å². The largest absolute Gasteiger partial charge is 0.392 e. The van der Waals surface area contributed by atoms with Crippen molar-refractivity contribution in [3.05, 3.63) is 29.3 Å². The van der Waals surface area contributed by atoms with Crippen LogP contribution in [0.15, 0.2) is 18.2 Å². The van der Waals surface area contributed by atoms with E-state index in [4.69, 9.17) is 4.74 Å². The number of nitrogens with one attached hydrogen (secondary N) is 1. The van der Waals surface area contributed by atoms with E-state index in [1.165, 1.54) is 0 Å². The van der Waals surface area contributed by atoms with Crippen molar-refractivity contribution in [3.63, 3.8) is 0 Å². The summed E-state index contributed by atoms with van der Waals surface area (Å²) in [4.78, 5) is 12.0. The van der Waals surface area contributed by atoms with Gasteiger partial charge in [0.05, 0.1) is 25.2 Å². The molecule has 0 saturated carbocycles. The van der Waals surface area contributed by atoms with E-state index in [2.05, 4.69) is 5.32 Å². The quantitative estimate of drug-likeness (QED) is 0.811. The van der Waals surface area contributed by atoms with Crippen molar-refractivity contribution < 1.29 is 14.6 Å². The van der Waals surface area contributed by atoms with E-state index in [9.17, 15) is 9.90 Å². The van der Waals surface area contributed by atoms with Gasteiger partial charge in [0.1, 0.15) is 0 Å². The van der Waals surface area contributed by atoms with Crippen LogP contribution in [0.4, 0.5) is 5.69 Å². The van der Waals surface area contributed by atoms with E-state index in [0.717, 1.165) is 16.8 Å². The van der Waals surface area contributed by atoms with E-state index in [1.54, 1.807) is 0 Å². The third kappa shape index (κ3) is 5.86. The lowest BCUT2D eigenvalue weighted by molar-refractivity contribution is -0.118. The van der Waals surface area contributed by atoms with Gasteiger partial charge in [-0.3, -0.25) is 4.79 Å². The number of hydrogen-bond acceptors (Lipinski definition) is 3. The molecule has 2 N–H and O–H groups in total. The molecule has 0 saturated heterocycles. The van der Waals surface area contributed by atoms with Crippen molar-refractivity contribution in [2.75, 3.05) is 5.32 Å². The van der Waals surface area contributed by atoms with Gasteiger partial charge in [0, 0.05) is 5.69 Å². The van der Waals surface area contributed by atoms with Gasteiger partial charge in [-0.15, -0.1) is 0 Å². The van der Waals surface area contributed by atoms with E-state index >= 15 is 0 Å². The van der Waals surface area contributed by atoms with Crippen LogP contribution in [0, 0.1) is 12.8 Å². The fourth-order valence-electron chi connectivity index (χ4n) is 1.86. The van der Waals surface area contributed by atoms with E-state index in [-0.39, 0.29) is 24.3 Å². The summed E-state index contributed by atoms with van der Waals surface area (Å²) in [5, 5.41) is 12.6. The number of amides is 1. The number of hydrogen-bond donors (Lipinski definition) is 2. The Balaban J connectivity index is 2.71. The molecule has 1 unspecified atom stereocenters. The van der Waals surface area contributed by atoms with Crippen molar-refractivity contribution >= 4 is 11.6 Å². The van der Waals surface area contributed by atoms with Gasteiger partial charge in [0.2, 0.25) is 5.91 Å². The number of benzene rings is 1. The molecule has 1 amide bonds. The van der Waals surface area contributed by atoms with Crippen LogP contribution in [-0.2, 0) is 16.1 Å². The highest BCUT2D eigenvalue weighted by Crippen LogP contribution is 2.20. The molecule has 0 spiro atoms. The lowest BCUT2D eigenvalue weighted by Crippen LogP contribution is -2.24. The highest BCUT2D eigenvalue weighted by molar-refractivity contribution is 5.91. The standard InChI is InChI=1S/C17H27NO3/c1-11(2)16(19)9-17(20)18-15-8-6-7-14(13(15)5)10-21-12(3)4/h6-8,11-12,16,19H,9-10H2,1-5H3,(H,18,20). The minimum atomic E-state index is -0.613. The molecule has 118 valence electrons. The fraction of sp³-hybridized carbons (Fsp3) is 0.588. The minimum absolute atomic E-state index is 0.0719. The number of rotatable bonds is 7. The fourth-order valence-corrected chi connectivity index (χ4v) is 1.86. The van der Waals surface area contributed by atoms with Crippen LogP contribution in [0.3, 0.4) is 0 Å². The summed E-state index contributed by atoms with van der Waals surface area (Å²) in [5.41, 5.74) is 2.84. The smallest absolute Gasteiger partial charge is 0.226 e. The summed E-state index contributed by atoms with van der Waals surface area (Å²) in [6, 6.07) is 5.77. The average Bonchev–Trinajstić information content (AvgIpc) is 2.39. The van der Waals surface area contributed by atoms with Crippen LogP contribution in [0.1, 0.15) is 45.2 Å². The SMILES string of the molecule is Cc1c(COC(C)C)cccc1NC(=O)CC(O)C(C)C. The highest BCUT2D eigenvalue weighted by atomic mass is 16.5. The third-order valence-electron chi connectivity index (χ3n) is 3.46. The molecule has 21 heavy (non-hydrogen) atoms. The molecule has 1 atom stereocenters. The maximum Gasteiger partial charge on any atom is 0.226 e. The predicted molar refractivity (Wildman–Crippen MR) is 85.2 cm³/mol. The molecule has 0 fully saturated rings. The van der Waals surface area contributed by atoms with Gasteiger partial charge < -0.3 is 15.2 Å². The van der Waals surface area contributed by atoms with Gasteiger partial charge in [-0.2, -0.15) is 0 Å². The van der Waals surface area contributed by atoms with E-state index < -0.39 is 6.10 Å². The Bertz CT molecular complexity index is 469. The number of carbonyl (C=O) groups is 1. The summed E-state index contributed by atoms with van der Waals surface area (Å²) in [5.74, 6) is -0.0937. The van der Waals surface area contributed by atoms with Gasteiger partial charge in [0.15, 0.2) is 0 Å². The van der Waals surface area contributed by atoms with Crippen LogP contribution >= 0.6 is 0 Å². The second-order valence-corrected chi connectivity index (χ2v) is 6.01. The number of ether oxygens (including phenoxy) is 1. The Morgan fingerprint density at radius 2 is 1.95 bits per heavy atom. The number of aliphatic hydroxyl groups is 1. The monoisotopic (exact) mass is 293 g/mol. The Labute approximate surface area is 127 Å². The molecular formula is C17H27NO3. The summed E-state index contributed by atoms with van der Waals surface area (Å²) in [6.07, 6.45) is -0.328. The number of carbonyl (C=O) groups excluding carboxylic acids is 1. The van der Waals surface area contributed by atoms with Crippen molar-refractivity contribution in [3.8, 4) is 0 Å². The zero-order valence-corrected chi connectivity index (χ0v) is 13.6. The number of anilines is 1. The highest BCUT2D eigenvalue weighted by Gasteiger charge is 2.15. The van der Waals surface area contributed by atoms with Crippen LogP contribution in [0.2, 0.25) is 0 Å². The first-order valence-electron chi connectivity index (χ1n) is 7.49. The van der Waals surface area contributed by atoms with Gasteiger partial charge in [-0.1, -0.05) is 26.0 Å². The van der Waals surface area contributed by atoms with Crippen LogP contribution in [0.5, 0.6) is 0 Å². The summed E-state index contributed by atoms with van der Waals surface area (Å²) >= 11 is 0. The Morgan fingerprint density at radius 1 is 1.29 bits per heavy atom.